The minimum Gasteiger partial charge on any atom is -0.464 e. The van der Waals surface area contributed by atoms with Crippen LogP contribution in [0.5, 0.6) is 0 Å². The van der Waals surface area contributed by atoms with E-state index in [1.807, 2.05) is 51.1 Å². The van der Waals surface area contributed by atoms with Gasteiger partial charge in [-0.3, -0.25) is 0 Å². The summed E-state index contributed by atoms with van der Waals surface area (Å²) < 4.78 is 6.23. The average Bonchev–Trinajstić information content (AvgIpc) is 2.77. The maximum Gasteiger partial charge on any atom is 0.334 e. The summed E-state index contributed by atoms with van der Waals surface area (Å²) in [7, 11) is 0. The van der Waals surface area contributed by atoms with Crippen LogP contribution in [-0.2, 0) is 9.53 Å². The van der Waals surface area contributed by atoms with Gasteiger partial charge in [-0.05, 0) is 54.4 Å². The van der Waals surface area contributed by atoms with E-state index in [9.17, 15) is 4.79 Å². The lowest BCUT2D eigenvalue weighted by Gasteiger charge is -2.18. The van der Waals surface area contributed by atoms with Crippen molar-refractivity contribution in [3.05, 3.63) is 50.1 Å². The number of hydrogen-bond acceptors (Lipinski definition) is 4. The van der Waals surface area contributed by atoms with Crippen molar-refractivity contribution in [3.63, 3.8) is 0 Å². The second-order valence-corrected chi connectivity index (χ2v) is 6.84. The molecular weight excluding hydrogens is 350 g/mol. The van der Waals surface area contributed by atoms with E-state index in [0.717, 1.165) is 25.5 Å². The molecule has 2 rings (SSSR count). The van der Waals surface area contributed by atoms with Crippen LogP contribution in [0.25, 0.3) is 0 Å². The summed E-state index contributed by atoms with van der Waals surface area (Å²) in [5.74, 6) is -0.255. The molecule has 5 heteroatoms. The number of halogens is 1. The van der Waals surface area contributed by atoms with E-state index in [2.05, 4.69) is 21.2 Å². The first kappa shape index (κ1) is 16.0. The van der Waals surface area contributed by atoms with Gasteiger partial charge in [-0.15, -0.1) is 11.3 Å². The number of carbonyl (C=O) groups is 1. The molecule has 21 heavy (non-hydrogen) atoms. The van der Waals surface area contributed by atoms with Gasteiger partial charge in [0.05, 0.1) is 6.61 Å². The summed E-state index contributed by atoms with van der Waals surface area (Å²) in [4.78, 5) is 14.4. The number of esters is 1. The number of ether oxygens (including phenoxy) is 1. The van der Waals surface area contributed by atoms with Gasteiger partial charge in [0.25, 0.3) is 0 Å². The summed E-state index contributed by atoms with van der Waals surface area (Å²) in [6.45, 7) is 6.23. The lowest BCUT2D eigenvalue weighted by Crippen LogP contribution is -2.22. The van der Waals surface area contributed by atoms with Crippen molar-refractivity contribution in [2.24, 2.45) is 0 Å². The van der Waals surface area contributed by atoms with Crippen LogP contribution >= 0.6 is 27.3 Å². The predicted octanol–water partition coefficient (Wildman–Crippen LogP) is 4.84. The zero-order valence-electron chi connectivity index (χ0n) is 12.3. The molecule has 0 aliphatic rings. The number of rotatable bonds is 5. The third-order valence-corrected chi connectivity index (χ3v) is 5.33. The summed E-state index contributed by atoms with van der Waals surface area (Å²) in [5, 5.41) is 3.30. The Morgan fingerprint density at radius 2 is 2.10 bits per heavy atom. The van der Waals surface area contributed by atoms with Gasteiger partial charge in [0.1, 0.15) is 0 Å². The topological polar surface area (TPSA) is 38.3 Å². The van der Waals surface area contributed by atoms with Crippen LogP contribution in [0.15, 0.2) is 34.8 Å². The smallest absolute Gasteiger partial charge is 0.334 e. The molecule has 2 aromatic rings. The van der Waals surface area contributed by atoms with Crippen molar-refractivity contribution < 1.29 is 9.53 Å². The standard InChI is InChI=1S/C16H18BrNO2S/c1-4-20-16(19)15(14-9-12(17)11(3)21-14)18-13-8-6-5-7-10(13)2/h5-9,15,18H,4H2,1-3H3. The molecule has 0 fully saturated rings. The molecular formula is C16H18BrNO2S. The quantitative estimate of drug-likeness (QED) is 0.768. The number of nitrogens with one attached hydrogen (secondary N) is 1. The first-order valence-corrected chi connectivity index (χ1v) is 8.38. The minimum atomic E-state index is -0.485. The highest BCUT2D eigenvalue weighted by Crippen LogP contribution is 2.33. The van der Waals surface area contributed by atoms with E-state index in [1.54, 1.807) is 11.3 Å². The van der Waals surface area contributed by atoms with Crippen LogP contribution in [0.4, 0.5) is 5.69 Å². The lowest BCUT2D eigenvalue weighted by atomic mass is 10.1. The third kappa shape index (κ3) is 3.86. The van der Waals surface area contributed by atoms with Crippen molar-refractivity contribution in [2.45, 2.75) is 26.8 Å². The monoisotopic (exact) mass is 367 g/mol. The number of para-hydroxylation sites is 1. The van der Waals surface area contributed by atoms with Crippen molar-refractivity contribution >= 4 is 38.9 Å². The molecule has 1 atom stereocenters. The first-order chi connectivity index (χ1) is 10.0. The highest BCUT2D eigenvalue weighted by Gasteiger charge is 2.25. The highest BCUT2D eigenvalue weighted by atomic mass is 79.9. The third-order valence-electron chi connectivity index (χ3n) is 3.13. The van der Waals surface area contributed by atoms with Crippen LogP contribution < -0.4 is 5.32 Å². The summed E-state index contributed by atoms with van der Waals surface area (Å²) >= 11 is 5.09. The lowest BCUT2D eigenvalue weighted by molar-refractivity contribution is -0.144. The zero-order valence-corrected chi connectivity index (χ0v) is 14.7. The second-order valence-electron chi connectivity index (χ2n) is 4.70. The Balaban J connectivity index is 2.32. The zero-order chi connectivity index (χ0) is 15.4. The van der Waals surface area contributed by atoms with E-state index in [-0.39, 0.29) is 5.97 Å². The van der Waals surface area contributed by atoms with Crippen molar-refractivity contribution in [2.75, 3.05) is 11.9 Å². The van der Waals surface area contributed by atoms with E-state index >= 15 is 0 Å². The second kappa shape index (κ2) is 7.09. The Morgan fingerprint density at radius 3 is 2.67 bits per heavy atom. The number of benzene rings is 1. The minimum absolute atomic E-state index is 0.255. The normalized spacial score (nSPS) is 12.0. The number of aryl methyl sites for hydroxylation is 2. The Labute approximate surface area is 137 Å². The molecule has 1 unspecified atom stereocenters. The largest absolute Gasteiger partial charge is 0.464 e. The van der Waals surface area contributed by atoms with Crippen LogP contribution in [0.1, 0.15) is 28.3 Å². The van der Waals surface area contributed by atoms with Gasteiger partial charge in [-0.25, -0.2) is 4.79 Å². The molecule has 0 amide bonds. The molecule has 0 aliphatic carbocycles. The van der Waals surface area contributed by atoms with E-state index in [0.29, 0.717) is 6.61 Å². The molecule has 1 aromatic heterocycles. The number of thiophene rings is 1. The molecule has 0 bridgehead atoms. The molecule has 1 heterocycles. The molecule has 1 aromatic carbocycles. The SMILES string of the molecule is CCOC(=O)C(Nc1ccccc1C)c1cc(Br)c(C)s1. The molecule has 3 nitrogen and oxygen atoms in total. The van der Waals surface area contributed by atoms with Gasteiger partial charge < -0.3 is 10.1 Å². The molecule has 0 radical (unpaired) electrons. The van der Waals surface area contributed by atoms with E-state index in [4.69, 9.17) is 4.74 Å². The molecule has 112 valence electrons. The van der Waals surface area contributed by atoms with Crippen LogP contribution in [0.3, 0.4) is 0 Å². The average molecular weight is 368 g/mol. The Morgan fingerprint density at radius 1 is 1.38 bits per heavy atom. The molecule has 1 N–H and O–H groups in total. The van der Waals surface area contributed by atoms with Gasteiger partial charge in [0, 0.05) is 19.9 Å². The first-order valence-electron chi connectivity index (χ1n) is 6.77. The van der Waals surface area contributed by atoms with Crippen molar-refractivity contribution in [1.29, 1.82) is 0 Å². The predicted molar refractivity (Wildman–Crippen MR) is 90.9 cm³/mol. The van der Waals surface area contributed by atoms with Crippen LogP contribution in [0.2, 0.25) is 0 Å². The van der Waals surface area contributed by atoms with Gasteiger partial charge in [0.15, 0.2) is 6.04 Å². The molecule has 0 spiro atoms. The fraction of sp³-hybridized carbons (Fsp3) is 0.312. The van der Waals surface area contributed by atoms with Crippen LogP contribution in [-0.4, -0.2) is 12.6 Å². The highest BCUT2D eigenvalue weighted by molar-refractivity contribution is 9.10. The summed E-state index contributed by atoms with van der Waals surface area (Å²) in [6, 6.07) is 9.41. The van der Waals surface area contributed by atoms with Crippen LogP contribution in [0, 0.1) is 13.8 Å². The Kier molecular flexibility index (Phi) is 5.42. The fourth-order valence-electron chi connectivity index (χ4n) is 1.99. The summed E-state index contributed by atoms with van der Waals surface area (Å²) in [6.07, 6.45) is 0. The molecule has 0 aliphatic heterocycles. The summed E-state index contributed by atoms with van der Waals surface area (Å²) in [5.41, 5.74) is 2.04. The molecule has 0 saturated carbocycles. The number of carbonyl (C=O) groups excluding carboxylic acids is 1. The van der Waals surface area contributed by atoms with Crippen molar-refractivity contribution in [1.82, 2.24) is 0 Å². The number of hydrogen-bond donors (Lipinski definition) is 1. The van der Waals surface area contributed by atoms with Crippen molar-refractivity contribution in [3.8, 4) is 0 Å². The van der Waals surface area contributed by atoms with Gasteiger partial charge in [-0.2, -0.15) is 0 Å². The Hall–Kier alpha value is -1.33. The maximum absolute atomic E-state index is 12.3. The van der Waals surface area contributed by atoms with Gasteiger partial charge >= 0.3 is 5.97 Å². The fourth-order valence-corrected chi connectivity index (χ4v) is 3.59. The van der Waals surface area contributed by atoms with Gasteiger partial charge in [-0.1, -0.05) is 18.2 Å². The maximum atomic E-state index is 12.3. The van der Waals surface area contributed by atoms with Gasteiger partial charge in [0.2, 0.25) is 0 Å². The van der Waals surface area contributed by atoms with E-state index < -0.39 is 6.04 Å². The molecule has 0 saturated heterocycles. The van der Waals surface area contributed by atoms with E-state index in [1.165, 1.54) is 0 Å². The number of anilines is 1. The Bertz CT molecular complexity index is 619.